The quantitative estimate of drug-likeness (QED) is 0.801. The van der Waals surface area contributed by atoms with Crippen LogP contribution < -0.4 is 14.8 Å². The highest BCUT2D eigenvalue weighted by atomic mass is 35.5. The molecule has 1 aromatic carbocycles. The number of halogens is 1. The Hall–Kier alpha value is -1.60. The first-order valence-corrected chi connectivity index (χ1v) is 4.63. The van der Waals surface area contributed by atoms with Crippen LogP contribution in [0.3, 0.4) is 0 Å². The molecule has 0 spiro atoms. The molecule has 0 bridgehead atoms. The number of ether oxygens (including phenoxy) is 2. The van der Waals surface area contributed by atoms with Gasteiger partial charge < -0.3 is 14.8 Å². The van der Waals surface area contributed by atoms with Crippen LogP contribution in [-0.2, 0) is 0 Å². The molecule has 0 aromatic heterocycles. The lowest BCUT2D eigenvalue weighted by Crippen LogP contribution is -2.01. The smallest absolute Gasteiger partial charge is 0.143 e. The largest absolute Gasteiger partial charge is 0.495 e. The summed E-state index contributed by atoms with van der Waals surface area (Å²) < 4.78 is 10.2. The maximum atomic E-state index is 8.46. The number of methoxy groups -OCH3 is 2. The maximum Gasteiger partial charge on any atom is 0.143 e. The minimum Gasteiger partial charge on any atom is -0.495 e. The van der Waals surface area contributed by atoms with E-state index in [2.05, 4.69) is 5.32 Å². The second kappa shape index (κ2) is 5.32. The number of hydrogen-bond acceptors (Lipinski definition) is 4. The van der Waals surface area contributed by atoms with Crippen LogP contribution >= 0.6 is 11.6 Å². The van der Waals surface area contributed by atoms with Gasteiger partial charge in [-0.2, -0.15) is 5.26 Å². The molecule has 15 heavy (non-hydrogen) atoms. The van der Waals surface area contributed by atoms with Gasteiger partial charge in [-0.3, -0.25) is 0 Å². The van der Waals surface area contributed by atoms with Crippen molar-refractivity contribution in [3.8, 4) is 17.6 Å². The van der Waals surface area contributed by atoms with Crippen molar-refractivity contribution in [2.45, 2.75) is 0 Å². The maximum absolute atomic E-state index is 8.46. The van der Waals surface area contributed by atoms with Crippen molar-refractivity contribution in [2.75, 3.05) is 26.1 Å². The molecule has 1 rings (SSSR count). The third-order valence-electron chi connectivity index (χ3n) is 1.83. The van der Waals surface area contributed by atoms with E-state index in [4.69, 9.17) is 26.3 Å². The molecule has 4 nitrogen and oxygen atoms in total. The molecule has 0 saturated heterocycles. The normalized spacial score (nSPS) is 9.20. The molecule has 0 unspecified atom stereocenters. The van der Waals surface area contributed by atoms with Gasteiger partial charge in [0.2, 0.25) is 0 Å². The third-order valence-corrected chi connectivity index (χ3v) is 2.13. The van der Waals surface area contributed by atoms with Gasteiger partial charge in [0.05, 0.1) is 31.0 Å². The molecular formula is C10H11ClN2O2. The van der Waals surface area contributed by atoms with Gasteiger partial charge in [0.25, 0.3) is 0 Å². The molecule has 0 fully saturated rings. The van der Waals surface area contributed by atoms with Crippen molar-refractivity contribution in [3.63, 3.8) is 0 Å². The molecule has 5 heteroatoms. The van der Waals surface area contributed by atoms with Crippen molar-refractivity contribution >= 4 is 17.3 Å². The van der Waals surface area contributed by atoms with Gasteiger partial charge in [-0.15, -0.1) is 0 Å². The summed E-state index contributed by atoms with van der Waals surface area (Å²) in [6, 6.07) is 5.31. The van der Waals surface area contributed by atoms with Crippen LogP contribution in [0, 0.1) is 11.3 Å². The Morgan fingerprint density at radius 2 is 2.00 bits per heavy atom. The van der Waals surface area contributed by atoms with Crippen molar-refractivity contribution in [2.24, 2.45) is 0 Å². The van der Waals surface area contributed by atoms with E-state index in [1.165, 1.54) is 14.2 Å². The van der Waals surface area contributed by atoms with Crippen molar-refractivity contribution in [1.29, 1.82) is 5.26 Å². The zero-order chi connectivity index (χ0) is 11.3. The fourth-order valence-corrected chi connectivity index (χ4v) is 1.36. The zero-order valence-corrected chi connectivity index (χ0v) is 9.26. The van der Waals surface area contributed by atoms with E-state index in [-0.39, 0.29) is 6.54 Å². The first kappa shape index (κ1) is 11.5. The molecule has 0 saturated carbocycles. The van der Waals surface area contributed by atoms with E-state index >= 15 is 0 Å². The fourth-order valence-electron chi connectivity index (χ4n) is 1.13. The number of benzene rings is 1. The number of hydrogen-bond donors (Lipinski definition) is 1. The zero-order valence-electron chi connectivity index (χ0n) is 8.50. The van der Waals surface area contributed by atoms with Crippen LogP contribution in [0.4, 0.5) is 5.69 Å². The molecule has 0 atom stereocenters. The first-order valence-electron chi connectivity index (χ1n) is 4.25. The molecule has 1 aromatic rings. The molecule has 0 radical (unpaired) electrons. The molecule has 0 aliphatic heterocycles. The summed E-state index contributed by atoms with van der Waals surface area (Å²) in [5.41, 5.74) is 0.681. The van der Waals surface area contributed by atoms with Gasteiger partial charge in [-0.25, -0.2) is 0 Å². The fraction of sp³-hybridized carbons (Fsp3) is 0.300. The van der Waals surface area contributed by atoms with Gasteiger partial charge in [0, 0.05) is 12.1 Å². The van der Waals surface area contributed by atoms with E-state index < -0.39 is 0 Å². The summed E-state index contributed by atoms with van der Waals surface area (Å²) in [7, 11) is 3.07. The summed E-state index contributed by atoms with van der Waals surface area (Å²) in [6.07, 6.45) is 0. The number of nitriles is 1. The Balaban J connectivity index is 3.06. The predicted octanol–water partition coefficient (Wildman–Crippen LogP) is 2.29. The summed E-state index contributed by atoms with van der Waals surface area (Å²) in [6.45, 7) is 0.196. The Bertz CT molecular complexity index is 388. The molecule has 0 heterocycles. The molecule has 0 amide bonds. The monoisotopic (exact) mass is 226 g/mol. The highest BCUT2D eigenvalue weighted by Crippen LogP contribution is 2.35. The Labute approximate surface area is 93.4 Å². The van der Waals surface area contributed by atoms with Crippen LogP contribution in [0.1, 0.15) is 0 Å². The first-order chi connectivity index (χ1) is 7.22. The summed E-state index contributed by atoms with van der Waals surface area (Å²) >= 11 is 5.92. The Kier molecular flexibility index (Phi) is 4.07. The van der Waals surface area contributed by atoms with E-state index in [9.17, 15) is 0 Å². The number of rotatable bonds is 4. The van der Waals surface area contributed by atoms with Crippen LogP contribution in [0.5, 0.6) is 11.5 Å². The predicted molar refractivity (Wildman–Crippen MR) is 58.7 cm³/mol. The minimum absolute atomic E-state index is 0.196. The van der Waals surface area contributed by atoms with Crippen molar-refractivity contribution in [3.05, 3.63) is 17.2 Å². The van der Waals surface area contributed by atoms with Crippen molar-refractivity contribution < 1.29 is 9.47 Å². The summed E-state index contributed by atoms with van der Waals surface area (Å²) in [5, 5.41) is 11.8. The SMILES string of the molecule is COc1cc(NCC#N)c(OC)cc1Cl. The van der Waals surface area contributed by atoms with Crippen LogP contribution in [0.25, 0.3) is 0 Å². The van der Waals surface area contributed by atoms with Gasteiger partial charge >= 0.3 is 0 Å². The highest BCUT2D eigenvalue weighted by Gasteiger charge is 2.08. The van der Waals surface area contributed by atoms with Gasteiger partial charge in [0.15, 0.2) is 0 Å². The number of nitrogens with one attached hydrogen (secondary N) is 1. The Morgan fingerprint density at radius 3 is 2.53 bits per heavy atom. The van der Waals surface area contributed by atoms with Gasteiger partial charge in [0.1, 0.15) is 18.0 Å². The lowest BCUT2D eigenvalue weighted by atomic mass is 10.2. The average molecular weight is 227 g/mol. The number of nitrogens with zero attached hydrogens (tertiary/aromatic N) is 1. The lowest BCUT2D eigenvalue weighted by Gasteiger charge is -2.11. The second-order valence-corrected chi connectivity index (χ2v) is 3.11. The van der Waals surface area contributed by atoms with Crippen LogP contribution in [0.2, 0.25) is 5.02 Å². The average Bonchev–Trinajstić information content (AvgIpc) is 2.26. The van der Waals surface area contributed by atoms with E-state index in [1.807, 2.05) is 6.07 Å². The molecule has 0 aliphatic rings. The standard InChI is InChI=1S/C10H11ClN2O2/c1-14-9-6-8(13-4-3-12)10(15-2)5-7(9)11/h5-6,13H,4H2,1-2H3. The van der Waals surface area contributed by atoms with Crippen LogP contribution in [0.15, 0.2) is 12.1 Å². The molecule has 0 aliphatic carbocycles. The minimum atomic E-state index is 0.196. The highest BCUT2D eigenvalue weighted by molar-refractivity contribution is 6.32. The van der Waals surface area contributed by atoms with Gasteiger partial charge in [-0.1, -0.05) is 11.6 Å². The second-order valence-electron chi connectivity index (χ2n) is 2.70. The molecule has 80 valence electrons. The molecule has 1 N–H and O–H groups in total. The summed E-state index contributed by atoms with van der Waals surface area (Å²) in [5.74, 6) is 1.12. The van der Waals surface area contributed by atoms with E-state index in [0.717, 1.165) is 0 Å². The van der Waals surface area contributed by atoms with Crippen molar-refractivity contribution in [1.82, 2.24) is 0 Å². The Morgan fingerprint density at radius 1 is 1.33 bits per heavy atom. The van der Waals surface area contributed by atoms with E-state index in [1.54, 1.807) is 12.1 Å². The lowest BCUT2D eigenvalue weighted by molar-refractivity contribution is 0.405. The third kappa shape index (κ3) is 2.67. The molecular weight excluding hydrogens is 216 g/mol. The van der Waals surface area contributed by atoms with Gasteiger partial charge in [-0.05, 0) is 0 Å². The number of anilines is 1. The van der Waals surface area contributed by atoms with E-state index in [0.29, 0.717) is 22.2 Å². The summed E-state index contributed by atoms with van der Waals surface area (Å²) in [4.78, 5) is 0. The topological polar surface area (TPSA) is 54.3 Å². The van der Waals surface area contributed by atoms with Crippen LogP contribution in [-0.4, -0.2) is 20.8 Å².